The zero-order valence-electron chi connectivity index (χ0n) is 19.3. The van der Waals surface area contributed by atoms with Crippen molar-refractivity contribution in [3.63, 3.8) is 0 Å². The molecule has 0 fully saturated rings. The van der Waals surface area contributed by atoms with Gasteiger partial charge in [-0.1, -0.05) is 84.5 Å². The van der Waals surface area contributed by atoms with Crippen molar-refractivity contribution in [3.05, 3.63) is 100 Å². The Labute approximate surface area is 207 Å². The van der Waals surface area contributed by atoms with Crippen LogP contribution in [0.3, 0.4) is 0 Å². The van der Waals surface area contributed by atoms with Gasteiger partial charge in [-0.3, -0.25) is 0 Å². The number of hydrogen-bond acceptors (Lipinski definition) is 3. The highest BCUT2D eigenvalue weighted by atomic mass is 35.5. The molecule has 1 aliphatic rings. The minimum Gasteiger partial charge on any atom is -0.200 e. The molecule has 3 aromatic carbocycles. The Morgan fingerprint density at radius 3 is 2.44 bits per heavy atom. The molecule has 0 aliphatic heterocycles. The molecule has 174 valence electrons. The van der Waals surface area contributed by atoms with Crippen LogP contribution in [0, 0.1) is 18.8 Å². The van der Waals surface area contributed by atoms with Crippen LogP contribution in [0.25, 0.3) is 0 Å². The molecule has 0 aromatic heterocycles. The average Bonchev–Trinajstić information content (AvgIpc) is 2.85. The van der Waals surface area contributed by atoms with Gasteiger partial charge in [0.2, 0.25) is 0 Å². The maximum atomic E-state index is 13.8. The number of aryl methyl sites for hydroxylation is 2. The lowest BCUT2D eigenvalue weighted by Gasteiger charge is -2.27. The van der Waals surface area contributed by atoms with E-state index >= 15 is 0 Å². The number of hydrogen-bond donors (Lipinski definition) is 0. The largest absolute Gasteiger partial charge is 0.280 e. The first-order valence-corrected chi connectivity index (χ1v) is 13.2. The van der Waals surface area contributed by atoms with Gasteiger partial charge < -0.3 is 0 Å². The van der Waals surface area contributed by atoms with Crippen molar-refractivity contribution in [3.8, 4) is 11.8 Å². The minimum absolute atomic E-state index is 0.199. The predicted octanol–water partition coefficient (Wildman–Crippen LogP) is 6.21. The quantitative estimate of drug-likeness (QED) is 0.315. The van der Waals surface area contributed by atoms with E-state index < -0.39 is 16.1 Å². The van der Waals surface area contributed by atoms with Gasteiger partial charge in [0.25, 0.3) is 10.0 Å². The summed E-state index contributed by atoms with van der Waals surface area (Å²) in [6, 6.07) is 21.6. The van der Waals surface area contributed by atoms with E-state index in [1.165, 1.54) is 9.98 Å². The number of hydrazone groups is 1. The van der Waals surface area contributed by atoms with E-state index in [2.05, 4.69) is 17.9 Å². The Bertz CT molecular complexity index is 1370. The SMILES string of the molecule is CCC(C#Cc1ccccc1Cl)N(/N=C1\CCCc2ccccc21)S(=O)(=O)c1ccc(C)cc1. The van der Waals surface area contributed by atoms with E-state index in [4.69, 9.17) is 16.7 Å². The van der Waals surface area contributed by atoms with Crippen molar-refractivity contribution in [2.75, 3.05) is 0 Å². The summed E-state index contributed by atoms with van der Waals surface area (Å²) in [5.41, 5.74) is 4.62. The van der Waals surface area contributed by atoms with Gasteiger partial charge in [0, 0.05) is 11.1 Å². The summed E-state index contributed by atoms with van der Waals surface area (Å²) in [6.45, 7) is 3.84. The first-order valence-electron chi connectivity index (χ1n) is 11.4. The Hall–Kier alpha value is -3.07. The van der Waals surface area contributed by atoms with Gasteiger partial charge in [0.05, 0.1) is 15.6 Å². The summed E-state index contributed by atoms with van der Waals surface area (Å²) in [6.07, 6.45) is 3.08. The second-order valence-electron chi connectivity index (χ2n) is 8.32. The summed E-state index contributed by atoms with van der Waals surface area (Å²) in [5, 5.41) is 5.31. The Kier molecular flexibility index (Phi) is 7.41. The fourth-order valence-electron chi connectivity index (χ4n) is 3.97. The Morgan fingerprint density at radius 1 is 1.00 bits per heavy atom. The van der Waals surface area contributed by atoms with Crippen molar-refractivity contribution in [2.45, 2.75) is 50.5 Å². The highest BCUT2D eigenvalue weighted by molar-refractivity contribution is 7.89. The fourth-order valence-corrected chi connectivity index (χ4v) is 5.59. The Balaban J connectivity index is 1.83. The number of halogens is 1. The van der Waals surface area contributed by atoms with Crippen molar-refractivity contribution >= 4 is 27.3 Å². The molecule has 1 unspecified atom stereocenters. The van der Waals surface area contributed by atoms with E-state index in [0.29, 0.717) is 23.4 Å². The third-order valence-corrected chi connectivity index (χ3v) is 7.90. The van der Waals surface area contributed by atoms with Gasteiger partial charge in [-0.15, -0.1) is 0 Å². The standard InChI is InChI=1S/C28H27ClN2O2S/c1-3-24(18-17-23-10-5-7-13-27(23)29)31(34(32,33)25-19-15-21(2)16-20-25)30-28-14-8-11-22-9-4-6-12-26(22)28/h4-7,9-10,12-13,15-16,19-20,24H,3,8,11,14H2,1-2H3/b30-28+. The summed E-state index contributed by atoms with van der Waals surface area (Å²) in [7, 11) is -3.94. The Morgan fingerprint density at radius 2 is 1.71 bits per heavy atom. The molecule has 1 atom stereocenters. The molecule has 6 heteroatoms. The zero-order valence-corrected chi connectivity index (χ0v) is 20.9. The van der Waals surface area contributed by atoms with Gasteiger partial charge in [-0.2, -0.15) is 17.9 Å². The van der Waals surface area contributed by atoms with Crippen molar-refractivity contribution in [1.82, 2.24) is 4.41 Å². The van der Waals surface area contributed by atoms with Crippen LogP contribution in [0.5, 0.6) is 0 Å². The summed E-state index contributed by atoms with van der Waals surface area (Å²) in [5.74, 6) is 6.21. The number of nitrogens with zero attached hydrogens (tertiary/aromatic N) is 2. The summed E-state index contributed by atoms with van der Waals surface area (Å²) < 4.78 is 28.9. The van der Waals surface area contributed by atoms with Crippen LogP contribution in [-0.2, 0) is 16.4 Å². The second-order valence-corrected chi connectivity index (χ2v) is 10.5. The number of fused-ring (bicyclic) bond motifs is 1. The van der Waals surface area contributed by atoms with E-state index in [-0.39, 0.29) is 4.90 Å². The van der Waals surface area contributed by atoms with Gasteiger partial charge in [-0.05, 0) is 62.4 Å². The highest BCUT2D eigenvalue weighted by Crippen LogP contribution is 2.26. The molecular formula is C28H27ClN2O2S. The molecule has 34 heavy (non-hydrogen) atoms. The summed E-state index contributed by atoms with van der Waals surface area (Å²) >= 11 is 6.28. The molecule has 0 spiro atoms. The van der Waals surface area contributed by atoms with Crippen LogP contribution in [0.15, 0.2) is 82.8 Å². The number of benzene rings is 3. The first kappa shape index (κ1) is 24.1. The monoisotopic (exact) mass is 490 g/mol. The van der Waals surface area contributed by atoms with Gasteiger partial charge >= 0.3 is 0 Å². The molecule has 0 saturated heterocycles. The minimum atomic E-state index is -3.94. The van der Waals surface area contributed by atoms with E-state index in [0.717, 1.165) is 29.7 Å². The van der Waals surface area contributed by atoms with Crippen LogP contribution in [-0.4, -0.2) is 24.6 Å². The second kappa shape index (κ2) is 10.5. The maximum Gasteiger partial charge on any atom is 0.280 e. The smallest absolute Gasteiger partial charge is 0.200 e. The lowest BCUT2D eigenvalue weighted by Crippen LogP contribution is -2.36. The lowest BCUT2D eigenvalue weighted by atomic mass is 9.90. The number of rotatable bonds is 5. The molecule has 1 aliphatic carbocycles. The van der Waals surface area contributed by atoms with Crippen LogP contribution >= 0.6 is 11.6 Å². The van der Waals surface area contributed by atoms with Gasteiger partial charge in [-0.25, -0.2) is 0 Å². The summed E-state index contributed by atoms with van der Waals surface area (Å²) in [4.78, 5) is 0.199. The number of sulfonamides is 1. The van der Waals surface area contributed by atoms with E-state index in [1.807, 2.05) is 50.2 Å². The molecule has 4 rings (SSSR count). The molecule has 0 saturated carbocycles. The van der Waals surface area contributed by atoms with Crippen molar-refractivity contribution in [1.29, 1.82) is 0 Å². The van der Waals surface area contributed by atoms with Gasteiger partial charge in [0.1, 0.15) is 6.04 Å². The third-order valence-electron chi connectivity index (χ3n) is 5.87. The molecule has 0 amide bonds. The normalized spacial score (nSPS) is 15.2. The van der Waals surface area contributed by atoms with Crippen LogP contribution in [0.1, 0.15) is 48.4 Å². The third kappa shape index (κ3) is 5.19. The van der Waals surface area contributed by atoms with E-state index in [1.54, 1.807) is 30.3 Å². The van der Waals surface area contributed by atoms with Crippen molar-refractivity contribution in [2.24, 2.45) is 5.10 Å². The lowest BCUT2D eigenvalue weighted by molar-refractivity contribution is 0.377. The predicted molar refractivity (Wildman–Crippen MR) is 139 cm³/mol. The molecule has 4 nitrogen and oxygen atoms in total. The first-order chi connectivity index (χ1) is 16.4. The zero-order chi connectivity index (χ0) is 24.1. The highest BCUT2D eigenvalue weighted by Gasteiger charge is 2.30. The van der Waals surface area contributed by atoms with Crippen LogP contribution in [0.4, 0.5) is 0 Å². The van der Waals surface area contributed by atoms with Gasteiger partial charge in [0.15, 0.2) is 0 Å². The molecule has 0 radical (unpaired) electrons. The molecule has 0 heterocycles. The van der Waals surface area contributed by atoms with Crippen molar-refractivity contribution < 1.29 is 8.42 Å². The fraction of sp³-hybridized carbons (Fsp3) is 0.250. The van der Waals surface area contributed by atoms with E-state index in [9.17, 15) is 8.42 Å². The molecular weight excluding hydrogens is 464 g/mol. The maximum absolute atomic E-state index is 13.8. The van der Waals surface area contributed by atoms with Crippen LogP contribution in [0.2, 0.25) is 5.02 Å². The molecule has 0 N–H and O–H groups in total. The average molecular weight is 491 g/mol. The molecule has 3 aromatic rings. The topological polar surface area (TPSA) is 49.7 Å². The molecule has 0 bridgehead atoms. The van der Waals surface area contributed by atoms with Crippen LogP contribution < -0.4 is 0 Å².